The molecule has 0 spiro atoms. The molecule has 0 radical (unpaired) electrons. The minimum absolute atomic E-state index is 0. The van der Waals surface area contributed by atoms with E-state index in [9.17, 15) is 0 Å². The summed E-state index contributed by atoms with van der Waals surface area (Å²) >= 11 is 28.5. The Morgan fingerprint density at radius 3 is 0.640 bits per heavy atom. The van der Waals surface area contributed by atoms with Crippen LogP contribution in [0.3, 0.4) is 0 Å². The van der Waals surface area contributed by atoms with Crippen LogP contribution in [0, 0.1) is 49.4 Å². The van der Waals surface area contributed by atoms with Gasteiger partial charge in [-0.15, -0.1) is 0 Å². The van der Waals surface area contributed by atoms with Gasteiger partial charge in [-0.2, -0.15) is 0 Å². The standard InChI is InChI=1S/3C5H11NS2.Eu/c3*1-3-6(4-2)5(7)8;/h3*3-4H2,1-2H3,(H,7,8);/q;;;+3/p-3. The van der Waals surface area contributed by atoms with E-state index in [0.29, 0.717) is 13.0 Å². The van der Waals surface area contributed by atoms with Gasteiger partial charge in [-0.1, -0.05) is 13.0 Å². The third-order valence-corrected chi connectivity index (χ3v) is 4.61. The average Bonchev–Trinajstić information content (AvgIpc) is 2.51. The molecule has 3 nitrogen and oxygen atoms in total. The maximum absolute atomic E-state index is 4.76. The van der Waals surface area contributed by atoms with Gasteiger partial charge in [0.1, 0.15) is 0 Å². The molecule has 0 aliphatic heterocycles. The summed E-state index contributed by atoms with van der Waals surface area (Å²) in [4.78, 5) is 5.89. The molecule has 0 saturated heterocycles. The smallest absolute Gasteiger partial charge is 0.411 e. The zero-order chi connectivity index (χ0) is 19.7. The summed E-state index contributed by atoms with van der Waals surface area (Å²) in [5.41, 5.74) is 0. The van der Waals surface area contributed by atoms with E-state index in [-0.39, 0.29) is 49.4 Å². The summed E-state index contributed by atoms with van der Waals surface area (Å²) in [5, 5.41) is 0. The van der Waals surface area contributed by atoms with Gasteiger partial charge in [-0.25, -0.2) is 0 Å². The third-order valence-electron chi connectivity index (χ3n) is 3.06. The second kappa shape index (κ2) is 24.0. The number of thiocarbonyl (C=S) groups is 3. The fraction of sp³-hybridized carbons (Fsp3) is 0.800. The molecule has 0 bridgehead atoms. The Morgan fingerprint density at radius 2 is 0.640 bits per heavy atom. The first-order valence-corrected chi connectivity index (χ1v) is 10.5. The van der Waals surface area contributed by atoms with Gasteiger partial charge in [-0.3, -0.25) is 0 Å². The first-order valence-electron chi connectivity index (χ1n) is 8.04. The molecule has 25 heavy (non-hydrogen) atoms. The minimum atomic E-state index is 0. The molecule has 0 aromatic rings. The van der Waals surface area contributed by atoms with Crippen molar-refractivity contribution in [1.29, 1.82) is 0 Å². The quantitative estimate of drug-likeness (QED) is 0.334. The molecule has 148 valence electrons. The van der Waals surface area contributed by atoms with Crippen molar-refractivity contribution >= 4 is 87.5 Å². The molecular formula is C15H30EuN3S6. The summed E-state index contributed by atoms with van der Waals surface area (Å²) < 4.78 is 1.74. The molecule has 0 aromatic heterocycles. The predicted octanol–water partition coefficient (Wildman–Crippen LogP) is 3.48. The molecule has 0 unspecified atom stereocenters. The van der Waals surface area contributed by atoms with Crippen LogP contribution in [0.4, 0.5) is 0 Å². The molecule has 0 rings (SSSR count). The van der Waals surface area contributed by atoms with Crippen LogP contribution in [0.1, 0.15) is 41.5 Å². The molecule has 0 atom stereocenters. The predicted molar refractivity (Wildman–Crippen MR) is 129 cm³/mol. The van der Waals surface area contributed by atoms with Crippen molar-refractivity contribution in [2.24, 2.45) is 0 Å². The van der Waals surface area contributed by atoms with Crippen LogP contribution in [-0.4, -0.2) is 66.9 Å². The second-order valence-corrected chi connectivity index (χ2v) is 7.41. The molecule has 0 saturated carbocycles. The van der Waals surface area contributed by atoms with E-state index >= 15 is 0 Å². The van der Waals surface area contributed by atoms with E-state index in [2.05, 4.69) is 0 Å². The van der Waals surface area contributed by atoms with Gasteiger partial charge in [0, 0.05) is 39.3 Å². The number of hydrogen-bond acceptors (Lipinski definition) is 6. The molecular weight excluding hydrogens is 567 g/mol. The van der Waals surface area contributed by atoms with Crippen molar-refractivity contribution in [3.05, 3.63) is 0 Å². The monoisotopic (exact) mass is 597 g/mol. The number of hydrogen-bond donors (Lipinski definition) is 0. The zero-order valence-electron chi connectivity index (χ0n) is 15.9. The van der Waals surface area contributed by atoms with Crippen LogP contribution in [0.2, 0.25) is 0 Å². The largest absolute Gasteiger partial charge is 3.00 e. The Hall–Kier alpha value is 1.91. The summed E-state index contributed by atoms with van der Waals surface area (Å²) in [5.74, 6) is 0. The van der Waals surface area contributed by atoms with Gasteiger partial charge < -0.3 is 89.2 Å². The van der Waals surface area contributed by atoms with Crippen molar-refractivity contribution in [2.75, 3.05) is 39.3 Å². The maximum atomic E-state index is 4.76. The third kappa shape index (κ3) is 22.1. The molecule has 0 amide bonds. The zero-order valence-corrected chi connectivity index (χ0v) is 23.2. The Bertz CT molecular complexity index is 294. The molecule has 0 heterocycles. The van der Waals surface area contributed by atoms with Gasteiger partial charge in [0.05, 0.1) is 0 Å². The van der Waals surface area contributed by atoms with Crippen LogP contribution in [0.5, 0.6) is 0 Å². The van der Waals surface area contributed by atoms with Gasteiger partial charge in [0.15, 0.2) is 0 Å². The summed E-state index contributed by atoms with van der Waals surface area (Å²) in [6.45, 7) is 17.8. The van der Waals surface area contributed by atoms with E-state index in [1.54, 1.807) is 0 Å². The van der Waals surface area contributed by atoms with E-state index in [0.717, 1.165) is 39.3 Å². The van der Waals surface area contributed by atoms with Crippen molar-refractivity contribution in [3.63, 3.8) is 0 Å². The first-order chi connectivity index (χ1) is 11.2. The fourth-order valence-corrected chi connectivity index (χ4v) is 2.99. The Morgan fingerprint density at radius 1 is 0.520 bits per heavy atom. The fourth-order valence-electron chi connectivity index (χ4n) is 1.45. The molecule has 10 heteroatoms. The van der Waals surface area contributed by atoms with Gasteiger partial charge >= 0.3 is 49.4 Å². The molecule has 0 aliphatic carbocycles. The SMILES string of the molecule is CCN(CC)C(=S)[S-].CCN(CC)C(=S)[S-].CCN(CC)C(=S)[S-].[Eu+3]. The van der Waals surface area contributed by atoms with E-state index in [1.165, 1.54) is 0 Å². The minimum Gasteiger partial charge on any atom is -0.411 e. The van der Waals surface area contributed by atoms with Gasteiger partial charge in [0.2, 0.25) is 0 Å². The van der Waals surface area contributed by atoms with Crippen molar-refractivity contribution in [1.82, 2.24) is 14.7 Å². The number of nitrogens with zero attached hydrogens (tertiary/aromatic N) is 3. The van der Waals surface area contributed by atoms with Crippen molar-refractivity contribution in [2.45, 2.75) is 41.5 Å². The summed E-state index contributed by atoms with van der Waals surface area (Å²) in [6, 6.07) is 0. The van der Waals surface area contributed by atoms with E-state index in [1.807, 2.05) is 56.2 Å². The van der Waals surface area contributed by atoms with Crippen molar-refractivity contribution in [3.8, 4) is 0 Å². The van der Waals surface area contributed by atoms with Crippen LogP contribution in [0.15, 0.2) is 0 Å². The van der Waals surface area contributed by atoms with Crippen LogP contribution >= 0.6 is 36.7 Å². The van der Waals surface area contributed by atoms with Crippen LogP contribution in [-0.2, 0) is 37.9 Å². The first kappa shape index (κ1) is 34.4. The molecule has 0 N–H and O–H groups in total. The van der Waals surface area contributed by atoms with Crippen LogP contribution < -0.4 is 0 Å². The Kier molecular flexibility index (Phi) is 33.0. The summed E-state index contributed by atoms with van der Waals surface area (Å²) in [6.07, 6.45) is 0. The summed E-state index contributed by atoms with van der Waals surface area (Å²) in [7, 11) is 0. The molecule has 0 aliphatic rings. The van der Waals surface area contributed by atoms with Crippen LogP contribution in [0.25, 0.3) is 0 Å². The van der Waals surface area contributed by atoms with E-state index < -0.39 is 0 Å². The van der Waals surface area contributed by atoms with E-state index in [4.69, 9.17) is 74.5 Å². The van der Waals surface area contributed by atoms with Crippen molar-refractivity contribution < 1.29 is 49.4 Å². The van der Waals surface area contributed by atoms with Gasteiger partial charge in [0.25, 0.3) is 0 Å². The van der Waals surface area contributed by atoms with Gasteiger partial charge in [-0.05, 0) is 41.5 Å². The molecule has 0 fully saturated rings. The normalized spacial score (nSPS) is 8.40. The molecule has 0 aromatic carbocycles. The Labute approximate surface area is 229 Å². The Balaban J connectivity index is -0.000000130. The topological polar surface area (TPSA) is 9.72 Å². The second-order valence-electron chi connectivity index (χ2n) is 4.31. The average molecular weight is 597 g/mol. The number of rotatable bonds is 6. The maximum Gasteiger partial charge on any atom is 3.00 e.